The van der Waals surface area contributed by atoms with Crippen molar-refractivity contribution in [3.05, 3.63) is 23.5 Å². The predicted octanol–water partition coefficient (Wildman–Crippen LogP) is 3.65. The van der Waals surface area contributed by atoms with E-state index in [1.165, 1.54) is 37.9 Å². The van der Waals surface area contributed by atoms with Gasteiger partial charge < -0.3 is 10.1 Å². The lowest BCUT2D eigenvalue weighted by molar-refractivity contribution is 0.0691. The van der Waals surface area contributed by atoms with E-state index in [-0.39, 0.29) is 11.5 Å². The van der Waals surface area contributed by atoms with Gasteiger partial charge in [0.2, 0.25) is 0 Å². The summed E-state index contributed by atoms with van der Waals surface area (Å²) < 4.78 is 0. The third-order valence-corrected chi connectivity index (χ3v) is 2.99. The molecule has 1 rings (SSSR count). The van der Waals surface area contributed by atoms with Crippen molar-refractivity contribution in [2.75, 3.05) is 0 Å². The Kier molecular flexibility index (Phi) is 6.19. The Morgan fingerprint density at radius 1 is 1.17 bits per heavy atom. The zero-order valence-electron chi connectivity index (χ0n) is 10.9. The van der Waals surface area contributed by atoms with Gasteiger partial charge in [-0.05, 0) is 12.5 Å². The fourth-order valence-electron chi connectivity index (χ4n) is 1.89. The Morgan fingerprint density at radius 2 is 1.83 bits per heavy atom. The predicted molar refractivity (Wildman–Crippen MR) is 70.1 cm³/mol. The number of ketones is 1. The Hall–Kier alpha value is -1.58. The number of rotatable bonds is 9. The number of aromatic carboxylic acids is 1. The van der Waals surface area contributed by atoms with Crippen molar-refractivity contribution < 1.29 is 14.7 Å². The molecule has 2 N–H and O–H groups in total. The lowest BCUT2D eigenvalue weighted by atomic mass is 10.1. The molecular weight excluding hydrogens is 230 g/mol. The summed E-state index contributed by atoms with van der Waals surface area (Å²) in [4.78, 5) is 25.0. The van der Waals surface area contributed by atoms with Gasteiger partial charge in [0.05, 0.1) is 0 Å². The van der Waals surface area contributed by atoms with Gasteiger partial charge >= 0.3 is 5.97 Å². The molecule has 0 bridgehead atoms. The lowest BCUT2D eigenvalue weighted by Gasteiger charge is -1.99. The molecule has 4 heteroatoms. The molecule has 0 aliphatic carbocycles. The zero-order valence-corrected chi connectivity index (χ0v) is 10.9. The number of aromatic nitrogens is 1. The molecule has 1 heterocycles. The van der Waals surface area contributed by atoms with Crippen LogP contribution in [-0.2, 0) is 0 Å². The number of carbonyl (C=O) groups excluding carboxylic acids is 1. The molecular formula is C14H21NO3. The summed E-state index contributed by atoms with van der Waals surface area (Å²) in [6.45, 7) is 2.18. The Labute approximate surface area is 107 Å². The zero-order chi connectivity index (χ0) is 13.4. The van der Waals surface area contributed by atoms with Crippen molar-refractivity contribution in [3.63, 3.8) is 0 Å². The van der Waals surface area contributed by atoms with Crippen LogP contribution in [0.3, 0.4) is 0 Å². The summed E-state index contributed by atoms with van der Waals surface area (Å²) in [5.74, 6) is -1.01. The summed E-state index contributed by atoms with van der Waals surface area (Å²) in [5.41, 5.74) is 0.544. The number of hydrogen-bond donors (Lipinski definition) is 2. The molecule has 1 aromatic rings. The van der Waals surface area contributed by atoms with Gasteiger partial charge in [-0.1, -0.05) is 39.0 Å². The van der Waals surface area contributed by atoms with Crippen molar-refractivity contribution in [1.82, 2.24) is 4.98 Å². The topological polar surface area (TPSA) is 70.2 Å². The van der Waals surface area contributed by atoms with E-state index in [1.54, 1.807) is 0 Å². The average molecular weight is 251 g/mol. The van der Waals surface area contributed by atoms with E-state index in [2.05, 4.69) is 11.9 Å². The van der Waals surface area contributed by atoms with Crippen molar-refractivity contribution in [2.45, 2.75) is 51.9 Å². The molecule has 0 atom stereocenters. The van der Waals surface area contributed by atoms with Gasteiger partial charge in [0.15, 0.2) is 5.78 Å². The van der Waals surface area contributed by atoms with E-state index in [4.69, 9.17) is 5.11 Å². The minimum atomic E-state index is -1.03. The highest BCUT2D eigenvalue weighted by molar-refractivity contribution is 5.98. The Morgan fingerprint density at radius 3 is 2.44 bits per heavy atom. The van der Waals surface area contributed by atoms with Crippen LogP contribution in [0.4, 0.5) is 0 Å². The lowest BCUT2D eigenvalue weighted by Crippen LogP contribution is -1.98. The summed E-state index contributed by atoms with van der Waals surface area (Å²) >= 11 is 0. The van der Waals surface area contributed by atoms with E-state index in [1.807, 2.05) is 0 Å². The van der Waals surface area contributed by atoms with Crippen LogP contribution in [0.15, 0.2) is 12.3 Å². The maximum absolute atomic E-state index is 11.8. The number of hydrogen-bond acceptors (Lipinski definition) is 2. The molecule has 0 unspecified atom stereocenters. The van der Waals surface area contributed by atoms with E-state index in [0.717, 1.165) is 12.8 Å². The maximum Gasteiger partial charge on any atom is 0.352 e. The van der Waals surface area contributed by atoms with Crippen LogP contribution in [0.2, 0.25) is 0 Å². The smallest absolute Gasteiger partial charge is 0.352 e. The van der Waals surface area contributed by atoms with Gasteiger partial charge in [0, 0.05) is 18.2 Å². The quantitative estimate of drug-likeness (QED) is 0.520. The summed E-state index contributed by atoms with van der Waals surface area (Å²) in [6.07, 6.45) is 8.82. The van der Waals surface area contributed by atoms with Gasteiger partial charge in [-0.15, -0.1) is 0 Å². The number of nitrogens with one attached hydrogen (secondary N) is 1. The van der Waals surface area contributed by atoms with Crippen LogP contribution in [0.1, 0.15) is 72.7 Å². The minimum absolute atomic E-state index is 0.0224. The molecule has 1 aromatic heterocycles. The number of carboxylic acids is 1. The van der Waals surface area contributed by atoms with Crippen molar-refractivity contribution >= 4 is 11.8 Å². The molecule has 0 aliphatic heterocycles. The summed E-state index contributed by atoms with van der Waals surface area (Å²) in [5, 5.41) is 8.73. The highest BCUT2D eigenvalue weighted by Crippen LogP contribution is 2.11. The van der Waals surface area contributed by atoms with Crippen LogP contribution in [-0.4, -0.2) is 21.8 Å². The van der Waals surface area contributed by atoms with Crippen LogP contribution >= 0.6 is 0 Å². The van der Waals surface area contributed by atoms with Crippen molar-refractivity contribution in [3.8, 4) is 0 Å². The molecule has 18 heavy (non-hydrogen) atoms. The SMILES string of the molecule is CCCCCCCCC(=O)c1c[nH]c(C(=O)O)c1. The second-order valence-electron chi connectivity index (χ2n) is 4.55. The summed E-state index contributed by atoms with van der Waals surface area (Å²) in [7, 11) is 0. The first kappa shape index (κ1) is 14.5. The normalized spacial score (nSPS) is 10.5. The largest absolute Gasteiger partial charge is 0.477 e. The number of H-pyrrole nitrogens is 1. The number of carboxylic acid groups (broad SMARTS) is 1. The van der Waals surface area contributed by atoms with E-state index < -0.39 is 5.97 Å². The molecule has 0 radical (unpaired) electrons. The first-order valence-corrected chi connectivity index (χ1v) is 6.60. The fraction of sp³-hybridized carbons (Fsp3) is 0.571. The summed E-state index contributed by atoms with van der Waals surface area (Å²) in [6, 6.07) is 1.40. The third kappa shape index (κ3) is 4.73. The molecule has 100 valence electrons. The molecule has 0 saturated carbocycles. The van der Waals surface area contributed by atoms with Gasteiger partial charge in [-0.2, -0.15) is 0 Å². The number of carbonyl (C=O) groups is 2. The molecule has 4 nitrogen and oxygen atoms in total. The number of aromatic amines is 1. The molecule has 0 aliphatic rings. The van der Waals surface area contributed by atoms with Crippen LogP contribution in [0.5, 0.6) is 0 Å². The minimum Gasteiger partial charge on any atom is -0.477 e. The standard InChI is InChI=1S/C14H21NO3/c1-2-3-4-5-6-7-8-13(16)11-9-12(14(17)18)15-10-11/h9-10,15H,2-8H2,1H3,(H,17,18). The molecule has 0 amide bonds. The molecule has 0 fully saturated rings. The highest BCUT2D eigenvalue weighted by atomic mass is 16.4. The maximum atomic E-state index is 11.8. The van der Waals surface area contributed by atoms with Crippen molar-refractivity contribution in [2.24, 2.45) is 0 Å². The van der Waals surface area contributed by atoms with E-state index >= 15 is 0 Å². The Balaban J connectivity index is 2.25. The first-order chi connectivity index (χ1) is 8.65. The van der Waals surface area contributed by atoms with Crippen LogP contribution in [0.25, 0.3) is 0 Å². The highest BCUT2D eigenvalue weighted by Gasteiger charge is 2.11. The number of unbranched alkanes of at least 4 members (excludes halogenated alkanes) is 5. The van der Waals surface area contributed by atoms with E-state index in [0.29, 0.717) is 12.0 Å². The van der Waals surface area contributed by atoms with Gasteiger partial charge in [-0.25, -0.2) is 4.79 Å². The van der Waals surface area contributed by atoms with Crippen LogP contribution < -0.4 is 0 Å². The first-order valence-electron chi connectivity index (χ1n) is 6.60. The van der Waals surface area contributed by atoms with E-state index in [9.17, 15) is 9.59 Å². The molecule has 0 aromatic carbocycles. The third-order valence-electron chi connectivity index (χ3n) is 2.99. The Bertz CT molecular complexity index is 395. The van der Waals surface area contributed by atoms with Crippen molar-refractivity contribution in [1.29, 1.82) is 0 Å². The van der Waals surface area contributed by atoms with Gasteiger partial charge in [-0.3, -0.25) is 4.79 Å². The second-order valence-corrected chi connectivity index (χ2v) is 4.55. The van der Waals surface area contributed by atoms with Gasteiger partial charge in [0.25, 0.3) is 0 Å². The average Bonchev–Trinajstić information content (AvgIpc) is 2.83. The number of Topliss-reactive ketones (excluding diaryl/α,β-unsaturated/α-hetero) is 1. The van der Waals surface area contributed by atoms with Crippen LogP contribution in [0, 0.1) is 0 Å². The monoisotopic (exact) mass is 251 g/mol. The van der Waals surface area contributed by atoms with Gasteiger partial charge in [0.1, 0.15) is 5.69 Å². The molecule has 0 saturated heterocycles. The fourth-order valence-corrected chi connectivity index (χ4v) is 1.89. The molecule has 0 spiro atoms. The second kappa shape index (κ2) is 7.69.